The molecule has 200 valence electrons. The summed E-state index contributed by atoms with van der Waals surface area (Å²) in [6.45, 7) is 20.9. The van der Waals surface area contributed by atoms with Gasteiger partial charge >= 0.3 is 0 Å². The first-order chi connectivity index (χ1) is 17.1. The fourth-order valence-electron chi connectivity index (χ4n) is 4.98. The molecule has 2 aromatic carbocycles. The van der Waals surface area contributed by atoms with Gasteiger partial charge in [0.25, 0.3) is 0 Å². The topological polar surface area (TPSA) is 0 Å². The van der Waals surface area contributed by atoms with Crippen LogP contribution in [0.3, 0.4) is 0 Å². The van der Waals surface area contributed by atoms with E-state index in [2.05, 4.69) is 50.2 Å². The molecule has 0 nitrogen and oxygen atoms in total. The van der Waals surface area contributed by atoms with Crippen LogP contribution in [0, 0.1) is 5.41 Å². The molecule has 0 heteroatoms. The summed E-state index contributed by atoms with van der Waals surface area (Å²) >= 11 is 0. The quantitative estimate of drug-likeness (QED) is 0.385. The van der Waals surface area contributed by atoms with Crippen LogP contribution in [-0.4, -0.2) is 0 Å². The van der Waals surface area contributed by atoms with E-state index in [0.717, 1.165) is 0 Å². The van der Waals surface area contributed by atoms with E-state index in [9.17, 15) is 0 Å². The van der Waals surface area contributed by atoms with Crippen LogP contribution in [0.25, 0.3) is 0 Å². The summed E-state index contributed by atoms with van der Waals surface area (Å²) in [7, 11) is 0. The Labute approximate surface area is 221 Å². The second kappa shape index (κ2) is 19.6. The number of hydrogen-bond donors (Lipinski definition) is 0. The van der Waals surface area contributed by atoms with E-state index in [4.69, 9.17) is 0 Å². The Kier molecular flexibility index (Phi) is 18.7. The number of fused-ring (bicyclic) bond motifs is 2. The minimum atomic E-state index is 0.409. The SMILES string of the molecule is CC.CC.CC.CC.CC(C)(CCc1ccc2c(c1)CCCC2)CCc1ccc2c(c1)CCCC2. The molecule has 2 aliphatic rings. The molecule has 0 saturated carbocycles. The van der Waals surface area contributed by atoms with Crippen LogP contribution in [0.2, 0.25) is 0 Å². The van der Waals surface area contributed by atoms with Crippen LogP contribution in [-0.2, 0) is 38.5 Å². The third-order valence-corrected chi connectivity index (χ3v) is 7.01. The second-order valence-electron chi connectivity index (χ2n) is 9.78. The maximum Gasteiger partial charge on any atom is -0.0274 e. The normalized spacial score (nSPS) is 13.5. The van der Waals surface area contributed by atoms with E-state index in [1.54, 1.807) is 33.4 Å². The Morgan fingerprint density at radius 2 is 0.800 bits per heavy atom. The van der Waals surface area contributed by atoms with E-state index in [1.165, 1.54) is 77.0 Å². The lowest BCUT2D eigenvalue weighted by atomic mass is 9.80. The van der Waals surface area contributed by atoms with Crippen molar-refractivity contribution >= 4 is 0 Å². The molecule has 35 heavy (non-hydrogen) atoms. The zero-order valence-corrected chi connectivity index (χ0v) is 25.4. The molecule has 0 N–H and O–H groups in total. The van der Waals surface area contributed by atoms with E-state index >= 15 is 0 Å². The largest absolute Gasteiger partial charge is 0.0683 e. The molecule has 2 aliphatic carbocycles. The lowest BCUT2D eigenvalue weighted by molar-refractivity contribution is 0.308. The van der Waals surface area contributed by atoms with Crippen molar-refractivity contribution in [1.82, 2.24) is 0 Å². The van der Waals surface area contributed by atoms with Gasteiger partial charge in [-0.25, -0.2) is 0 Å². The minimum Gasteiger partial charge on any atom is -0.0683 e. The highest BCUT2D eigenvalue weighted by Crippen LogP contribution is 2.31. The van der Waals surface area contributed by atoms with Crippen LogP contribution in [0.15, 0.2) is 36.4 Å². The van der Waals surface area contributed by atoms with E-state index < -0.39 is 0 Å². The summed E-state index contributed by atoms with van der Waals surface area (Å²) in [4.78, 5) is 0. The van der Waals surface area contributed by atoms with Gasteiger partial charge in [-0.15, -0.1) is 0 Å². The molecule has 0 aromatic heterocycles. The molecular formula is C35H60. The van der Waals surface area contributed by atoms with Crippen LogP contribution in [0.4, 0.5) is 0 Å². The van der Waals surface area contributed by atoms with Gasteiger partial charge in [0, 0.05) is 0 Å². The highest BCUT2D eigenvalue weighted by molar-refractivity contribution is 5.35. The highest BCUT2D eigenvalue weighted by Gasteiger charge is 2.19. The summed E-state index contributed by atoms with van der Waals surface area (Å²) in [6, 6.07) is 14.6. The third kappa shape index (κ3) is 11.8. The highest BCUT2D eigenvalue weighted by atomic mass is 14.2. The van der Waals surface area contributed by atoms with E-state index in [1.807, 2.05) is 55.4 Å². The molecule has 0 amide bonds. The van der Waals surface area contributed by atoms with E-state index in [-0.39, 0.29) is 0 Å². The molecule has 0 atom stereocenters. The molecule has 0 unspecified atom stereocenters. The first-order valence-electron chi connectivity index (χ1n) is 15.3. The molecule has 0 radical (unpaired) electrons. The van der Waals surface area contributed by atoms with Crippen LogP contribution < -0.4 is 0 Å². The summed E-state index contributed by atoms with van der Waals surface area (Å²) in [5.41, 5.74) is 9.99. The standard InChI is InChI=1S/C27H36.4C2H6/c1-27(2,17-15-21-11-13-23-7-3-5-9-25(23)19-21)18-16-22-12-14-24-8-4-6-10-26(24)20-22;4*1-2/h11-14,19-20H,3-10,15-18H2,1-2H3;4*1-2H3. The van der Waals surface area contributed by atoms with Gasteiger partial charge < -0.3 is 0 Å². The average Bonchev–Trinajstić information content (AvgIpc) is 2.95. The third-order valence-electron chi connectivity index (χ3n) is 7.01. The Morgan fingerprint density at radius 3 is 1.14 bits per heavy atom. The van der Waals surface area contributed by atoms with Crippen molar-refractivity contribution < 1.29 is 0 Å². The maximum atomic E-state index is 2.51. The van der Waals surface area contributed by atoms with Crippen LogP contribution in [0.5, 0.6) is 0 Å². The molecule has 0 heterocycles. The summed E-state index contributed by atoms with van der Waals surface area (Å²) in [5, 5.41) is 0. The molecule has 0 bridgehead atoms. The minimum absolute atomic E-state index is 0.409. The Hall–Kier alpha value is -1.56. The number of aryl methyl sites for hydroxylation is 6. The molecule has 0 spiro atoms. The Bertz CT molecular complexity index is 715. The summed E-state index contributed by atoms with van der Waals surface area (Å²) < 4.78 is 0. The monoisotopic (exact) mass is 480 g/mol. The van der Waals surface area contributed by atoms with Gasteiger partial charge in [0.05, 0.1) is 0 Å². The molecule has 0 fully saturated rings. The summed E-state index contributed by atoms with van der Waals surface area (Å²) in [5.74, 6) is 0. The van der Waals surface area contributed by atoms with Crippen molar-refractivity contribution in [3.8, 4) is 0 Å². The summed E-state index contributed by atoms with van der Waals surface area (Å²) in [6.07, 6.45) is 15.7. The average molecular weight is 481 g/mol. The first-order valence-corrected chi connectivity index (χ1v) is 15.3. The molecule has 4 rings (SSSR count). The van der Waals surface area contributed by atoms with Gasteiger partial charge in [0.2, 0.25) is 0 Å². The number of rotatable bonds is 6. The Morgan fingerprint density at radius 1 is 0.486 bits per heavy atom. The van der Waals surface area contributed by atoms with Gasteiger partial charge in [-0.1, -0.05) is 106 Å². The van der Waals surface area contributed by atoms with Crippen molar-refractivity contribution in [3.63, 3.8) is 0 Å². The first kappa shape index (κ1) is 33.4. The van der Waals surface area contributed by atoms with E-state index in [0.29, 0.717) is 5.41 Å². The van der Waals surface area contributed by atoms with Crippen molar-refractivity contribution in [1.29, 1.82) is 0 Å². The second-order valence-corrected chi connectivity index (χ2v) is 9.78. The van der Waals surface area contributed by atoms with Crippen molar-refractivity contribution in [2.45, 2.75) is 146 Å². The molecule has 0 aliphatic heterocycles. The molecular weight excluding hydrogens is 420 g/mol. The molecule has 0 saturated heterocycles. The lowest BCUT2D eigenvalue weighted by Crippen LogP contribution is -2.14. The number of hydrogen-bond acceptors (Lipinski definition) is 0. The predicted octanol–water partition coefficient (Wildman–Crippen LogP) is 11.1. The smallest absolute Gasteiger partial charge is 0.0274 e. The number of benzene rings is 2. The van der Waals surface area contributed by atoms with Crippen molar-refractivity contribution in [2.75, 3.05) is 0 Å². The van der Waals surface area contributed by atoms with Gasteiger partial charge in [0.15, 0.2) is 0 Å². The van der Waals surface area contributed by atoms with Crippen molar-refractivity contribution in [3.05, 3.63) is 69.8 Å². The van der Waals surface area contributed by atoms with Crippen molar-refractivity contribution in [2.24, 2.45) is 5.41 Å². The van der Waals surface area contributed by atoms with Gasteiger partial charge in [-0.05, 0) is 116 Å². The van der Waals surface area contributed by atoms with Crippen LogP contribution >= 0.6 is 0 Å². The molecule has 2 aromatic rings. The zero-order chi connectivity index (χ0) is 26.7. The van der Waals surface area contributed by atoms with Crippen LogP contribution in [0.1, 0.15) is 141 Å². The predicted molar refractivity (Wildman–Crippen MR) is 162 cm³/mol. The van der Waals surface area contributed by atoms with Gasteiger partial charge in [-0.3, -0.25) is 0 Å². The fraction of sp³-hybridized carbons (Fsp3) is 0.657. The Balaban J connectivity index is 0.00000132. The lowest BCUT2D eigenvalue weighted by Gasteiger charge is -2.26. The maximum absolute atomic E-state index is 2.51. The zero-order valence-electron chi connectivity index (χ0n) is 25.4. The van der Waals surface area contributed by atoms with Gasteiger partial charge in [0.1, 0.15) is 0 Å². The van der Waals surface area contributed by atoms with Gasteiger partial charge in [-0.2, -0.15) is 0 Å². The fourth-order valence-corrected chi connectivity index (χ4v) is 4.98.